The van der Waals surface area contributed by atoms with Crippen molar-refractivity contribution < 1.29 is 13.6 Å². The van der Waals surface area contributed by atoms with Gasteiger partial charge in [-0.15, -0.1) is 0 Å². The molecule has 2 nitrogen and oxygen atoms in total. The van der Waals surface area contributed by atoms with Gasteiger partial charge in [0.05, 0.1) is 6.10 Å². The highest BCUT2D eigenvalue weighted by Crippen LogP contribution is 2.56. The van der Waals surface area contributed by atoms with Crippen LogP contribution in [0.4, 0.5) is 8.78 Å². The van der Waals surface area contributed by atoms with E-state index in [0.717, 1.165) is 0 Å². The third-order valence-electron chi connectivity index (χ3n) is 3.36. The number of benzene rings is 1. The SMILES string of the molecule is FC(F)C1(c2ccccc2Cl)NOC2CC21. The summed E-state index contributed by atoms with van der Waals surface area (Å²) in [6, 6.07) is 6.69. The maximum atomic E-state index is 13.3. The van der Waals surface area contributed by atoms with Crippen molar-refractivity contribution in [2.24, 2.45) is 5.92 Å². The van der Waals surface area contributed by atoms with Crippen molar-refractivity contribution in [1.82, 2.24) is 5.48 Å². The standard InChI is InChI=1S/C11H10ClF2NO/c12-8-4-2-1-3-6(8)11(10(13)14)7-5-9(7)16-15-11/h1-4,7,9-10,15H,5H2. The average molecular weight is 246 g/mol. The van der Waals surface area contributed by atoms with Crippen LogP contribution in [-0.4, -0.2) is 12.5 Å². The van der Waals surface area contributed by atoms with Crippen LogP contribution in [-0.2, 0) is 10.4 Å². The smallest absolute Gasteiger partial charge is 0.263 e. The fourth-order valence-corrected chi connectivity index (χ4v) is 2.70. The van der Waals surface area contributed by atoms with Crippen molar-refractivity contribution in [2.45, 2.75) is 24.5 Å². The average Bonchev–Trinajstić information content (AvgIpc) is 2.94. The van der Waals surface area contributed by atoms with Gasteiger partial charge in [-0.1, -0.05) is 29.8 Å². The zero-order valence-electron chi connectivity index (χ0n) is 8.29. The second kappa shape index (κ2) is 3.39. The Morgan fingerprint density at radius 2 is 2.19 bits per heavy atom. The van der Waals surface area contributed by atoms with Crippen LogP contribution >= 0.6 is 11.6 Å². The first kappa shape index (κ1) is 10.4. The van der Waals surface area contributed by atoms with Crippen molar-refractivity contribution in [3.05, 3.63) is 34.9 Å². The molecule has 1 N–H and O–H groups in total. The van der Waals surface area contributed by atoms with Crippen molar-refractivity contribution >= 4 is 11.6 Å². The third-order valence-corrected chi connectivity index (χ3v) is 3.69. The molecule has 2 aliphatic rings. The summed E-state index contributed by atoms with van der Waals surface area (Å²) in [6.45, 7) is 0. The van der Waals surface area contributed by atoms with Crippen LogP contribution < -0.4 is 5.48 Å². The van der Waals surface area contributed by atoms with Gasteiger partial charge >= 0.3 is 0 Å². The number of alkyl halides is 2. The Hall–Kier alpha value is -0.710. The minimum Gasteiger partial charge on any atom is -0.297 e. The molecule has 3 rings (SSSR count). The summed E-state index contributed by atoms with van der Waals surface area (Å²) in [6.07, 6.45) is -1.96. The predicted octanol–water partition coefficient (Wildman–Crippen LogP) is 2.72. The van der Waals surface area contributed by atoms with Gasteiger partial charge in [-0.2, -0.15) is 5.48 Å². The first-order chi connectivity index (χ1) is 7.66. The van der Waals surface area contributed by atoms with Gasteiger partial charge in [0.1, 0.15) is 5.54 Å². The number of rotatable bonds is 2. The molecule has 1 saturated carbocycles. The van der Waals surface area contributed by atoms with Crippen molar-refractivity contribution in [2.75, 3.05) is 0 Å². The van der Waals surface area contributed by atoms with Crippen LogP contribution in [0.2, 0.25) is 5.02 Å². The monoisotopic (exact) mass is 245 g/mol. The topological polar surface area (TPSA) is 21.3 Å². The lowest BCUT2D eigenvalue weighted by molar-refractivity contribution is -0.0552. The maximum absolute atomic E-state index is 13.3. The highest BCUT2D eigenvalue weighted by molar-refractivity contribution is 6.31. The summed E-state index contributed by atoms with van der Waals surface area (Å²) in [5.74, 6) is -0.174. The van der Waals surface area contributed by atoms with Crippen LogP contribution in [0, 0.1) is 5.92 Å². The zero-order valence-corrected chi connectivity index (χ0v) is 9.05. The lowest BCUT2D eigenvalue weighted by Gasteiger charge is -2.30. The molecule has 1 aliphatic carbocycles. The van der Waals surface area contributed by atoms with Gasteiger partial charge in [0, 0.05) is 10.9 Å². The van der Waals surface area contributed by atoms with Crippen LogP contribution in [0.25, 0.3) is 0 Å². The fourth-order valence-electron chi connectivity index (χ4n) is 2.41. The lowest BCUT2D eigenvalue weighted by atomic mass is 9.86. The number of nitrogens with one attached hydrogen (secondary N) is 1. The molecule has 1 saturated heterocycles. The quantitative estimate of drug-likeness (QED) is 0.865. The molecule has 3 unspecified atom stereocenters. The normalized spacial score (nSPS) is 36.5. The summed E-state index contributed by atoms with van der Waals surface area (Å²) in [5, 5.41) is 0.353. The molecule has 1 heterocycles. The predicted molar refractivity (Wildman–Crippen MR) is 55.2 cm³/mol. The highest BCUT2D eigenvalue weighted by atomic mass is 35.5. The van der Waals surface area contributed by atoms with Gasteiger partial charge in [-0.25, -0.2) is 8.78 Å². The highest BCUT2D eigenvalue weighted by Gasteiger charge is 2.65. The van der Waals surface area contributed by atoms with Gasteiger partial charge in [0.15, 0.2) is 0 Å². The van der Waals surface area contributed by atoms with E-state index >= 15 is 0 Å². The Morgan fingerprint density at radius 1 is 1.44 bits per heavy atom. The minimum absolute atomic E-state index is 0.0923. The second-order valence-electron chi connectivity index (χ2n) is 4.25. The zero-order chi connectivity index (χ0) is 11.3. The van der Waals surface area contributed by atoms with E-state index in [1.165, 1.54) is 0 Å². The van der Waals surface area contributed by atoms with Gasteiger partial charge in [0.25, 0.3) is 6.43 Å². The van der Waals surface area contributed by atoms with E-state index in [2.05, 4.69) is 5.48 Å². The molecule has 0 aromatic heterocycles. The minimum atomic E-state index is -2.54. The molecule has 0 spiro atoms. The number of fused-ring (bicyclic) bond motifs is 1. The van der Waals surface area contributed by atoms with Crippen LogP contribution in [0.15, 0.2) is 24.3 Å². The molecular weight excluding hydrogens is 236 g/mol. The number of hydrogen-bond donors (Lipinski definition) is 1. The molecule has 0 bridgehead atoms. The summed E-state index contributed by atoms with van der Waals surface area (Å²) < 4.78 is 26.7. The van der Waals surface area contributed by atoms with E-state index in [0.29, 0.717) is 17.0 Å². The van der Waals surface area contributed by atoms with Crippen LogP contribution in [0.3, 0.4) is 0 Å². The van der Waals surface area contributed by atoms with Gasteiger partial charge in [-0.05, 0) is 18.1 Å². The van der Waals surface area contributed by atoms with Crippen molar-refractivity contribution in [3.63, 3.8) is 0 Å². The lowest BCUT2D eigenvalue weighted by Crippen LogP contribution is -2.46. The van der Waals surface area contributed by atoms with Gasteiger partial charge < -0.3 is 0 Å². The first-order valence-electron chi connectivity index (χ1n) is 5.12. The summed E-state index contributed by atoms with van der Waals surface area (Å²) in [5.41, 5.74) is 1.49. The molecule has 3 atom stereocenters. The summed E-state index contributed by atoms with van der Waals surface area (Å²) in [4.78, 5) is 5.12. The van der Waals surface area contributed by atoms with E-state index in [4.69, 9.17) is 16.4 Å². The molecule has 1 aromatic rings. The van der Waals surface area contributed by atoms with Crippen molar-refractivity contribution in [1.29, 1.82) is 0 Å². The molecule has 0 radical (unpaired) electrons. The van der Waals surface area contributed by atoms with E-state index in [1.54, 1.807) is 24.3 Å². The van der Waals surface area contributed by atoms with Crippen LogP contribution in [0.5, 0.6) is 0 Å². The first-order valence-corrected chi connectivity index (χ1v) is 5.50. The Labute approximate surface area is 96.5 Å². The third kappa shape index (κ3) is 1.24. The van der Waals surface area contributed by atoms with E-state index in [-0.39, 0.29) is 12.0 Å². The van der Waals surface area contributed by atoms with Crippen molar-refractivity contribution in [3.8, 4) is 0 Å². The molecule has 0 amide bonds. The summed E-state index contributed by atoms with van der Waals surface area (Å²) in [7, 11) is 0. The number of hydroxylamine groups is 1. The van der Waals surface area contributed by atoms with Crippen LogP contribution in [0.1, 0.15) is 12.0 Å². The number of halogens is 3. The summed E-state index contributed by atoms with van der Waals surface area (Å²) >= 11 is 5.99. The Morgan fingerprint density at radius 3 is 2.69 bits per heavy atom. The molecule has 5 heteroatoms. The van der Waals surface area contributed by atoms with Gasteiger partial charge in [0.2, 0.25) is 0 Å². The largest absolute Gasteiger partial charge is 0.297 e. The number of hydrogen-bond acceptors (Lipinski definition) is 2. The molecule has 16 heavy (non-hydrogen) atoms. The Bertz CT molecular complexity index is 428. The van der Waals surface area contributed by atoms with E-state index in [9.17, 15) is 8.78 Å². The van der Waals surface area contributed by atoms with E-state index in [1.807, 2.05) is 0 Å². The van der Waals surface area contributed by atoms with E-state index < -0.39 is 12.0 Å². The van der Waals surface area contributed by atoms with Gasteiger partial charge in [-0.3, -0.25) is 4.84 Å². The molecule has 2 fully saturated rings. The molecule has 1 aromatic carbocycles. The molecular formula is C11H10ClF2NO. The second-order valence-corrected chi connectivity index (χ2v) is 4.66. The Balaban J connectivity index is 2.11. The molecule has 86 valence electrons. The molecule has 1 aliphatic heterocycles. The Kier molecular flexibility index (Phi) is 2.21. The fraction of sp³-hybridized carbons (Fsp3) is 0.455. The maximum Gasteiger partial charge on any atom is 0.263 e.